The molecule has 0 bridgehead atoms. The van der Waals surface area contributed by atoms with Gasteiger partial charge in [-0.15, -0.1) is 11.6 Å². The second-order valence-electron chi connectivity index (χ2n) is 5.52. The Hall–Kier alpha value is -1.02. The van der Waals surface area contributed by atoms with Crippen molar-refractivity contribution in [1.82, 2.24) is 4.90 Å². The Labute approximate surface area is 113 Å². The molecule has 3 heteroatoms. The van der Waals surface area contributed by atoms with E-state index in [0.29, 0.717) is 11.8 Å². The van der Waals surface area contributed by atoms with Gasteiger partial charge in [0.05, 0.1) is 5.92 Å². The summed E-state index contributed by atoms with van der Waals surface area (Å²) in [6.45, 7) is 3.76. The molecule has 2 nitrogen and oxygen atoms in total. The summed E-state index contributed by atoms with van der Waals surface area (Å²) in [7, 11) is 0. The molecule has 96 valence electrons. The van der Waals surface area contributed by atoms with Crippen LogP contribution in [0.3, 0.4) is 0 Å². The lowest BCUT2D eigenvalue weighted by Gasteiger charge is -2.39. The Morgan fingerprint density at radius 3 is 2.89 bits per heavy atom. The van der Waals surface area contributed by atoms with Crippen molar-refractivity contribution >= 4 is 17.5 Å². The number of fused-ring (bicyclic) bond motifs is 1. The van der Waals surface area contributed by atoms with Crippen LogP contribution in [0.15, 0.2) is 24.3 Å². The molecule has 1 aromatic rings. The maximum Gasteiger partial charge on any atom is 0.230 e. The molecule has 1 amide bonds. The normalized spacial score (nSPS) is 30.6. The number of alkyl halides is 1. The van der Waals surface area contributed by atoms with Crippen LogP contribution in [0, 0.1) is 5.92 Å². The van der Waals surface area contributed by atoms with Gasteiger partial charge in [0.1, 0.15) is 0 Å². The lowest BCUT2D eigenvalue weighted by atomic mass is 9.76. The summed E-state index contributed by atoms with van der Waals surface area (Å²) in [6, 6.07) is 8.26. The van der Waals surface area contributed by atoms with Gasteiger partial charge in [-0.25, -0.2) is 0 Å². The second kappa shape index (κ2) is 4.58. The van der Waals surface area contributed by atoms with Crippen molar-refractivity contribution in [3.8, 4) is 0 Å². The molecule has 3 rings (SSSR count). The fraction of sp³-hybridized carbons (Fsp3) is 0.533. The van der Waals surface area contributed by atoms with Crippen LogP contribution in [0.5, 0.6) is 0 Å². The Kier molecular flexibility index (Phi) is 3.06. The summed E-state index contributed by atoms with van der Waals surface area (Å²) in [5, 5.41) is 0.225. The average molecular weight is 264 g/mol. The first-order valence-corrected chi connectivity index (χ1v) is 7.11. The van der Waals surface area contributed by atoms with E-state index in [2.05, 4.69) is 19.1 Å². The van der Waals surface area contributed by atoms with E-state index in [1.165, 1.54) is 11.1 Å². The van der Waals surface area contributed by atoms with Crippen LogP contribution in [0.1, 0.15) is 30.4 Å². The van der Waals surface area contributed by atoms with Gasteiger partial charge in [-0.1, -0.05) is 31.2 Å². The Bertz CT molecular complexity index is 473. The van der Waals surface area contributed by atoms with Gasteiger partial charge in [0, 0.05) is 18.5 Å². The highest BCUT2D eigenvalue weighted by atomic mass is 35.5. The van der Waals surface area contributed by atoms with Gasteiger partial charge < -0.3 is 4.90 Å². The van der Waals surface area contributed by atoms with Crippen LogP contribution in [-0.4, -0.2) is 29.3 Å². The van der Waals surface area contributed by atoms with Crippen molar-refractivity contribution in [1.29, 1.82) is 0 Å². The summed E-state index contributed by atoms with van der Waals surface area (Å²) < 4.78 is 0. The van der Waals surface area contributed by atoms with E-state index in [1.807, 2.05) is 17.0 Å². The van der Waals surface area contributed by atoms with E-state index in [9.17, 15) is 4.79 Å². The van der Waals surface area contributed by atoms with Crippen LogP contribution < -0.4 is 0 Å². The molecule has 1 aliphatic carbocycles. The molecular formula is C15H18ClNO. The molecule has 1 heterocycles. The molecule has 0 radical (unpaired) electrons. The van der Waals surface area contributed by atoms with Gasteiger partial charge in [-0.3, -0.25) is 4.79 Å². The fourth-order valence-corrected chi connectivity index (χ4v) is 3.19. The van der Waals surface area contributed by atoms with Crippen LogP contribution in [-0.2, 0) is 11.2 Å². The van der Waals surface area contributed by atoms with Crippen molar-refractivity contribution in [2.24, 2.45) is 5.92 Å². The smallest absolute Gasteiger partial charge is 0.230 e. The third-order valence-corrected chi connectivity index (χ3v) is 4.91. The quantitative estimate of drug-likeness (QED) is 0.714. The average Bonchev–Trinajstić information content (AvgIpc) is 2.34. The first kappa shape index (κ1) is 12.0. The largest absolute Gasteiger partial charge is 0.342 e. The number of carbonyl (C=O) groups is 1. The number of hydrogen-bond acceptors (Lipinski definition) is 1. The summed E-state index contributed by atoms with van der Waals surface area (Å²) in [5.74, 6) is 0.795. The molecule has 3 atom stereocenters. The maximum atomic E-state index is 12.5. The summed E-state index contributed by atoms with van der Waals surface area (Å²) in [6.07, 6.45) is 1.83. The summed E-state index contributed by atoms with van der Waals surface area (Å²) >= 11 is 6.21. The van der Waals surface area contributed by atoms with Gasteiger partial charge in [0.15, 0.2) is 0 Å². The molecule has 1 aliphatic heterocycles. The molecule has 0 aromatic heterocycles. The minimum absolute atomic E-state index is 0.0975. The van der Waals surface area contributed by atoms with E-state index in [-0.39, 0.29) is 11.3 Å². The van der Waals surface area contributed by atoms with Crippen molar-refractivity contribution < 1.29 is 4.79 Å². The molecule has 1 saturated heterocycles. The van der Waals surface area contributed by atoms with E-state index < -0.39 is 0 Å². The topological polar surface area (TPSA) is 20.3 Å². The minimum atomic E-state index is 0.0975. The lowest BCUT2D eigenvalue weighted by Crippen LogP contribution is -2.47. The lowest BCUT2D eigenvalue weighted by molar-refractivity contribution is -0.135. The van der Waals surface area contributed by atoms with Gasteiger partial charge in [-0.05, 0) is 29.9 Å². The molecule has 18 heavy (non-hydrogen) atoms. The van der Waals surface area contributed by atoms with Gasteiger partial charge >= 0.3 is 0 Å². The number of hydrogen-bond donors (Lipinski definition) is 0. The molecule has 0 saturated carbocycles. The van der Waals surface area contributed by atoms with Crippen LogP contribution >= 0.6 is 11.6 Å². The molecule has 1 aromatic carbocycles. The van der Waals surface area contributed by atoms with Crippen molar-refractivity contribution in [3.63, 3.8) is 0 Å². The number of benzene rings is 1. The molecule has 0 spiro atoms. The number of halogens is 1. The molecule has 0 N–H and O–H groups in total. The highest BCUT2D eigenvalue weighted by Gasteiger charge is 2.37. The number of piperidine rings is 1. The summed E-state index contributed by atoms with van der Waals surface area (Å²) in [5.41, 5.74) is 2.55. The van der Waals surface area contributed by atoms with E-state index in [1.54, 1.807) is 0 Å². The molecule has 1 fully saturated rings. The monoisotopic (exact) mass is 263 g/mol. The number of nitrogens with zero attached hydrogens (tertiary/aromatic N) is 1. The zero-order valence-electron chi connectivity index (χ0n) is 10.6. The van der Waals surface area contributed by atoms with Crippen LogP contribution in [0.4, 0.5) is 0 Å². The Morgan fingerprint density at radius 2 is 2.17 bits per heavy atom. The predicted octanol–water partition coefficient (Wildman–Crippen LogP) is 2.80. The van der Waals surface area contributed by atoms with Crippen molar-refractivity contribution in [3.05, 3.63) is 35.4 Å². The number of amides is 1. The molecular weight excluding hydrogens is 246 g/mol. The minimum Gasteiger partial charge on any atom is -0.342 e. The fourth-order valence-electron chi connectivity index (χ4n) is 3.02. The second-order valence-corrected chi connectivity index (χ2v) is 6.08. The predicted molar refractivity (Wildman–Crippen MR) is 72.9 cm³/mol. The number of likely N-dealkylation sites (tertiary alicyclic amines) is 1. The van der Waals surface area contributed by atoms with Crippen molar-refractivity contribution in [2.45, 2.75) is 31.1 Å². The number of rotatable bonds is 1. The Balaban J connectivity index is 1.70. The zero-order chi connectivity index (χ0) is 12.7. The molecule has 3 unspecified atom stereocenters. The maximum absolute atomic E-state index is 12.5. The van der Waals surface area contributed by atoms with Crippen LogP contribution in [0.2, 0.25) is 0 Å². The van der Waals surface area contributed by atoms with Gasteiger partial charge in [0.25, 0.3) is 0 Å². The SMILES string of the molecule is CC1CN(C(=O)C2Cc3ccccc32)CCC1Cl. The first-order chi connectivity index (χ1) is 8.66. The van der Waals surface area contributed by atoms with Gasteiger partial charge in [0.2, 0.25) is 5.91 Å². The van der Waals surface area contributed by atoms with E-state index in [4.69, 9.17) is 11.6 Å². The zero-order valence-corrected chi connectivity index (χ0v) is 11.4. The van der Waals surface area contributed by atoms with E-state index >= 15 is 0 Å². The van der Waals surface area contributed by atoms with Gasteiger partial charge in [-0.2, -0.15) is 0 Å². The number of carbonyl (C=O) groups excluding carboxylic acids is 1. The van der Waals surface area contributed by atoms with Crippen LogP contribution in [0.25, 0.3) is 0 Å². The highest BCUT2D eigenvalue weighted by molar-refractivity contribution is 6.20. The highest BCUT2D eigenvalue weighted by Crippen LogP contribution is 2.37. The third-order valence-electron chi connectivity index (χ3n) is 4.26. The van der Waals surface area contributed by atoms with Crippen molar-refractivity contribution in [2.75, 3.05) is 13.1 Å². The standard InChI is InChI=1S/C15H18ClNO/c1-10-9-17(7-6-14(10)16)15(18)13-8-11-4-2-3-5-12(11)13/h2-5,10,13-14H,6-9H2,1H3. The van der Waals surface area contributed by atoms with E-state index in [0.717, 1.165) is 25.9 Å². The first-order valence-electron chi connectivity index (χ1n) is 6.67. The Morgan fingerprint density at radius 1 is 1.39 bits per heavy atom. The molecule has 2 aliphatic rings. The third kappa shape index (κ3) is 1.93. The summed E-state index contributed by atoms with van der Waals surface area (Å²) in [4.78, 5) is 14.5.